The highest BCUT2D eigenvalue weighted by Gasteiger charge is 2.03. The van der Waals surface area contributed by atoms with Crippen LogP contribution in [0.2, 0.25) is 0 Å². The predicted octanol–water partition coefficient (Wildman–Crippen LogP) is 5.50. The molecule has 1 heterocycles. The van der Waals surface area contributed by atoms with Gasteiger partial charge in [0.2, 0.25) is 0 Å². The summed E-state index contributed by atoms with van der Waals surface area (Å²) in [6.07, 6.45) is 1.81. The summed E-state index contributed by atoms with van der Waals surface area (Å²) in [5.41, 5.74) is 3.06. The van der Waals surface area contributed by atoms with Crippen LogP contribution in [0.3, 0.4) is 0 Å². The molecule has 0 bridgehead atoms. The van der Waals surface area contributed by atoms with Gasteiger partial charge in [0.15, 0.2) is 0 Å². The summed E-state index contributed by atoms with van der Waals surface area (Å²) < 4.78 is 2.09. The van der Waals surface area contributed by atoms with Crippen LogP contribution in [0.5, 0.6) is 0 Å². The van der Waals surface area contributed by atoms with Crippen LogP contribution in [0.25, 0.3) is 10.9 Å². The maximum absolute atomic E-state index is 4.38. The first-order chi connectivity index (χ1) is 9.22. The zero-order valence-electron chi connectivity index (χ0n) is 9.90. The summed E-state index contributed by atoms with van der Waals surface area (Å²) in [6, 6.07) is 16.2. The largest absolute Gasteiger partial charge is 0.355 e. The van der Waals surface area contributed by atoms with Gasteiger partial charge in [-0.3, -0.25) is 4.98 Å². The second-order valence-corrected chi connectivity index (χ2v) is 5.99. The van der Waals surface area contributed by atoms with Gasteiger partial charge in [-0.05, 0) is 42.5 Å². The Morgan fingerprint density at radius 2 is 1.74 bits per heavy atom. The van der Waals surface area contributed by atoms with Gasteiger partial charge in [-0.1, -0.05) is 37.9 Å². The SMILES string of the molecule is Brc1cccc(Nc2ccnc3cc(Br)ccc23)c1. The minimum atomic E-state index is 0.967. The molecule has 0 aliphatic carbocycles. The molecule has 1 aromatic heterocycles. The molecule has 3 aromatic rings. The van der Waals surface area contributed by atoms with Crippen LogP contribution in [0.1, 0.15) is 0 Å². The molecular formula is C15H10Br2N2. The van der Waals surface area contributed by atoms with Crippen molar-refractivity contribution in [2.45, 2.75) is 0 Å². The zero-order valence-corrected chi connectivity index (χ0v) is 13.1. The number of hydrogen-bond donors (Lipinski definition) is 1. The molecule has 0 fully saturated rings. The summed E-state index contributed by atoms with van der Waals surface area (Å²) in [6.45, 7) is 0. The minimum Gasteiger partial charge on any atom is -0.355 e. The van der Waals surface area contributed by atoms with E-state index in [0.29, 0.717) is 0 Å². The van der Waals surface area contributed by atoms with E-state index >= 15 is 0 Å². The normalized spacial score (nSPS) is 10.6. The number of hydrogen-bond acceptors (Lipinski definition) is 2. The molecule has 2 aromatic carbocycles. The Bertz CT molecular complexity index is 741. The molecule has 4 heteroatoms. The molecule has 0 aliphatic rings. The standard InChI is InChI=1S/C15H10Br2N2/c16-10-2-1-3-12(8-10)19-14-6-7-18-15-9-11(17)4-5-13(14)15/h1-9H,(H,18,19). The number of rotatable bonds is 2. The molecule has 0 aliphatic heterocycles. The molecule has 0 spiro atoms. The fourth-order valence-electron chi connectivity index (χ4n) is 1.95. The van der Waals surface area contributed by atoms with E-state index in [1.807, 2.05) is 48.7 Å². The average molecular weight is 378 g/mol. The number of pyridine rings is 1. The Labute approximate surface area is 128 Å². The molecule has 0 saturated heterocycles. The van der Waals surface area contributed by atoms with Gasteiger partial charge in [0.1, 0.15) is 0 Å². The predicted molar refractivity (Wildman–Crippen MR) is 86.9 cm³/mol. The Hall–Kier alpha value is -1.39. The van der Waals surface area contributed by atoms with E-state index in [9.17, 15) is 0 Å². The fraction of sp³-hybridized carbons (Fsp3) is 0. The van der Waals surface area contributed by atoms with Gasteiger partial charge in [-0.15, -0.1) is 0 Å². The van der Waals surface area contributed by atoms with Crippen molar-refractivity contribution < 1.29 is 0 Å². The maximum Gasteiger partial charge on any atom is 0.0734 e. The Morgan fingerprint density at radius 1 is 0.895 bits per heavy atom. The molecule has 1 N–H and O–H groups in total. The topological polar surface area (TPSA) is 24.9 Å². The third kappa shape index (κ3) is 2.80. The summed E-state index contributed by atoms with van der Waals surface area (Å²) in [4.78, 5) is 4.38. The zero-order chi connectivity index (χ0) is 13.2. The summed E-state index contributed by atoms with van der Waals surface area (Å²) >= 11 is 6.94. The van der Waals surface area contributed by atoms with Gasteiger partial charge in [0.25, 0.3) is 0 Å². The van der Waals surface area contributed by atoms with Gasteiger partial charge in [0, 0.05) is 31.9 Å². The lowest BCUT2D eigenvalue weighted by Crippen LogP contribution is -1.92. The third-order valence-electron chi connectivity index (χ3n) is 2.81. The van der Waals surface area contributed by atoms with Crippen LogP contribution in [-0.2, 0) is 0 Å². The number of nitrogens with one attached hydrogen (secondary N) is 1. The van der Waals surface area contributed by atoms with Crippen LogP contribution >= 0.6 is 31.9 Å². The number of fused-ring (bicyclic) bond motifs is 1. The van der Waals surface area contributed by atoms with Gasteiger partial charge in [-0.2, -0.15) is 0 Å². The van der Waals surface area contributed by atoms with Crippen molar-refractivity contribution in [1.29, 1.82) is 0 Å². The van der Waals surface area contributed by atoms with E-state index in [1.165, 1.54) is 0 Å². The van der Waals surface area contributed by atoms with Crippen molar-refractivity contribution in [2.24, 2.45) is 0 Å². The molecule has 0 unspecified atom stereocenters. The molecule has 0 atom stereocenters. The summed E-state index contributed by atoms with van der Waals surface area (Å²) in [7, 11) is 0. The highest BCUT2D eigenvalue weighted by Crippen LogP contribution is 2.28. The average Bonchev–Trinajstić information content (AvgIpc) is 2.38. The molecule has 0 radical (unpaired) electrons. The molecule has 19 heavy (non-hydrogen) atoms. The number of aromatic nitrogens is 1. The first-order valence-electron chi connectivity index (χ1n) is 5.79. The number of halogens is 2. The maximum atomic E-state index is 4.38. The van der Waals surface area contributed by atoms with E-state index in [0.717, 1.165) is 31.2 Å². The van der Waals surface area contributed by atoms with Crippen LogP contribution in [0.15, 0.2) is 63.7 Å². The Kier molecular flexibility index (Phi) is 3.53. The molecule has 94 valence electrons. The van der Waals surface area contributed by atoms with E-state index in [4.69, 9.17) is 0 Å². The van der Waals surface area contributed by atoms with E-state index in [-0.39, 0.29) is 0 Å². The minimum absolute atomic E-state index is 0.967. The van der Waals surface area contributed by atoms with Gasteiger partial charge >= 0.3 is 0 Å². The van der Waals surface area contributed by atoms with Crippen molar-refractivity contribution in [3.63, 3.8) is 0 Å². The van der Waals surface area contributed by atoms with Crippen LogP contribution in [0, 0.1) is 0 Å². The van der Waals surface area contributed by atoms with E-state index < -0.39 is 0 Å². The monoisotopic (exact) mass is 376 g/mol. The lowest BCUT2D eigenvalue weighted by molar-refractivity contribution is 1.40. The van der Waals surface area contributed by atoms with Crippen molar-refractivity contribution in [3.8, 4) is 0 Å². The molecular weight excluding hydrogens is 368 g/mol. The van der Waals surface area contributed by atoms with Crippen molar-refractivity contribution in [2.75, 3.05) is 5.32 Å². The number of anilines is 2. The van der Waals surface area contributed by atoms with Crippen LogP contribution in [0.4, 0.5) is 11.4 Å². The van der Waals surface area contributed by atoms with Gasteiger partial charge < -0.3 is 5.32 Å². The highest BCUT2D eigenvalue weighted by molar-refractivity contribution is 9.10. The van der Waals surface area contributed by atoms with Crippen molar-refractivity contribution in [3.05, 3.63) is 63.7 Å². The van der Waals surface area contributed by atoms with Crippen molar-refractivity contribution in [1.82, 2.24) is 4.98 Å². The van der Waals surface area contributed by atoms with E-state index in [2.05, 4.69) is 48.2 Å². The lowest BCUT2D eigenvalue weighted by atomic mass is 10.2. The summed E-state index contributed by atoms with van der Waals surface area (Å²) in [5.74, 6) is 0. The van der Waals surface area contributed by atoms with Gasteiger partial charge in [0.05, 0.1) is 5.52 Å². The number of nitrogens with zero attached hydrogens (tertiary/aromatic N) is 1. The highest BCUT2D eigenvalue weighted by atomic mass is 79.9. The van der Waals surface area contributed by atoms with Crippen LogP contribution in [-0.4, -0.2) is 4.98 Å². The lowest BCUT2D eigenvalue weighted by Gasteiger charge is -2.10. The van der Waals surface area contributed by atoms with Gasteiger partial charge in [-0.25, -0.2) is 0 Å². The van der Waals surface area contributed by atoms with Crippen molar-refractivity contribution >= 4 is 54.1 Å². The molecule has 0 amide bonds. The molecule has 2 nitrogen and oxygen atoms in total. The Morgan fingerprint density at radius 3 is 2.58 bits per heavy atom. The quantitative estimate of drug-likeness (QED) is 0.637. The fourth-order valence-corrected chi connectivity index (χ4v) is 2.70. The smallest absolute Gasteiger partial charge is 0.0734 e. The van der Waals surface area contributed by atoms with E-state index in [1.54, 1.807) is 0 Å². The molecule has 0 saturated carbocycles. The second kappa shape index (κ2) is 5.31. The summed E-state index contributed by atoms with van der Waals surface area (Å²) in [5, 5.41) is 4.52. The first kappa shape index (κ1) is 12.6. The molecule has 3 rings (SSSR count). The third-order valence-corrected chi connectivity index (χ3v) is 3.79. The van der Waals surface area contributed by atoms with Crippen LogP contribution < -0.4 is 5.32 Å². The second-order valence-electron chi connectivity index (χ2n) is 4.16. The Balaban J connectivity index is 2.06. The first-order valence-corrected chi connectivity index (χ1v) is 7.38. The number of benzene rings is 2.